The largest absolute Gasteiger partial charge is 0.454 e. The smallest absolute Gasteiger partial charge is 0.349 e. The molecule has 1 aliphatic rings. The minimum absolute atomic E-state index is 0.00457. The number of aromatic amines is 1. The standard InChI is InChI=1S/C23H22F7N4O6P/c1-12(14-8-15(22(25,26)27)10-16(9-14)23(28,29)30)40-20-19(13-2-4-17(24)5-3-13)33(6-7-39-20)11-18-31-21(35)34(32-18)41(36,37)38/h2-5,8-10,12,19-20H,6-7,11H2,1H3,(H,31,32,35)(H2,36,37,38)/t12-,19+,20-/m1/s1/i/hD3. The molecule has 0 aliphatic carbocycles. The van der Waals surface area contributed by atoms with Gasteiger partial charge in [0.2, 0.25) is 2.86 Å². The maximum Gasteiger partial charge on any atom is 0.454 e. The van der Waals surface area contributed by atoms with E-state index in [2.05, 4.69) is 14.9 Å². The molecule has 2 aromatic carbocycles. The molecule has 0 bridgehead atoms. The first-order valence-corrected chi connectivity index (χ1v) is 13.1. The van der Waals surface area contributed by atoms with Crippen molar-refractivity contribution in [3.63, 3.8) is 0 Å². The van der Waals surface area contributed by atoms with E-state index in [1.807, 2.05) is 0 Å². The summed E-state index contributed by atoms with van der Waals surface area (Å²) in [5.74, 6) is -1.04. The van der Waals surface area contributed by atoms with E-state index in [0.717, 1.165) is 12.1 Å². The van der Waals surface area contributed by atoms with Crippen molar-refractivity contribution in [2.45, 2.75) is 44.3 Å². The second-order valence-electron chi connectivity index (χ2n) is 8.99. The van der Waals surface area contributed by atoms with E-state index in [0.29, 0.717) is 17.7 Å². The van der Waals surface area contributed by atoms with Crippen molar-refractivity contribution in [1.29, 1.82) is 2.86 Å². The van der Waals surface area contributed by atoms with E-state index < -0.39 is 79.1 Å². The number of ether oxygens (including phenoxy) is 2. The SMILES string of the molecule is [2H]OP(=O)(O[2H])n1nc(CN2CCO[C@H](O[C@H](C)c3cc(C(F)(F)F)cc(C(F)(F)F)c3)[C@@H]2c2ccc(F)cc2)n([2H])c1=O. The molecule has 10 nitrogen and oxygen atoms in total. The van der Waals surface area contributed by atoms with Gasteiger partial charge in [0.25, 0.3) is 0 Å². The zero-order valence-corrected chi connectivity index (χ0v) is 21.6. The number of hydrogen-bond donors (Lipinski definition) is 3. The molecule has 3 N–H and O–H groups in total. The lowest BCUT2D eigenvalue weighted by molar-refractivity contribution is -0.231. The fraction of sp³-hybridized carbons (Fsp3) is 0.391. The van der Waals surface area contributed by atoms with Crippen molar-refractivity contribution in [3.05, 3.63) is 86.8 Å². The minimum Gasteiger partial charge on any atom is -0.349 e. The predicted octanol–water partition coefficient (Wildman–Crippen LogP) is 4.37. The third-order valence-corrected chi connectivity index (χ3v) is 6.85. The average Bonchev–Trinajstić information content (AvgIpc) is 3.25. The fourth-order valence-corrected chi connectivity index (χ4v) is 4.71. The molecular weight excluding hydrogens is 592 g/mol. The highest BCUT2D eigenvalue weighted by atomic mass is 31.2. The van der Waals surface area contributed by atoms with Crippen LogP contribution in [-0.4, -0.2) is 51.5 Å². The molecule has 4 rings (SSSR count). The van der Waals surface area contributed by atoms with Crippen LogP contribution in [0.4, 0.5) is 30.7 Å². The van der Waals surface area contributed by atoms with E-state index in [1.54, 1.807) is 0 Å². The van der Waals surface area contributed by atoms with Crippen molar-refractivity contribution in [2.75, 3.05) is 13.2 Å². The number of benzene rings is 2. The van der Waals surface area contributed by atoms with Gasteiger partial charge in [-0.05, 0) is 48.4 Å². The Hall–Kier alpha value is -3.08. The van der Waals surface area contributed by atoms with Crippen molar-refractivity contribution < 1.29 is 56.0 Å². The minimum atomic E-state index is -5.10. The third kappa shape index (κ3) is 7.23. The summed E-state index contributed by atoms with van der Waals surface area (Å²) < 4.78 is 140. The molecule has 18 heteroatoms. The molecule has 0 amide bonds. The topological polar surface area (TPSA) is 130 Å². The molecule has 0 radical (unpaired) electrons. The Morgan fingerprint density at radius 2 is 1.78 bits per heavy atom. The second-order valence-corrected chi connectivity index (χ2v) is 10.3. The van der Waals surface area contributed by atoms with Crippen LogP contribution in [0.1, 0.15) is 47.1 Å². The first kappa shape index (κ1) is 26.8. The number of rotatable bonds is 9. The molecule has 3 atom stereocenters. The van der Waals surface area contributed by atoms with Crippen molar-refractivity contribution in [2.24, 2.45) is 0 Å². The Morgan fingerprint density at radius 3 is 2.34 bits per heavy atom. The summed E-state index contributed by atoms with van der Waals surface area (Å²) in [6, 6.07) is 4.73. The summed E-state index contributed by atoms with van der Waals surface area (Å²) in [4.78, 5) is 21.8. The number of aromatic nitrogens is 3. The Labute approximate surface area is 231 Å². The molecule has 2 heterocycles. The van der Waals surface area contributed by atoms with Crippen LogP contribution >= 0.6 is 7.75 Å². The highest BCUT2D eigenvalue weighted by Crippen LogP contribution is 2.40. The zero-order chi connectivity index (χ0) is 32.6. The van der Waals surface area contributed by atoms with Crippen LogP contribution in [0, 0.1) is 5.82 Å². The van der Waals surface area contributed by atoms with Crippen molar-refractivity contribution in [1.82, 2.24) is 19.4 Å². The molecule has 224 valence electrons. The van der Waals surface area contributed by atoms with Gasteiger partial charge in [-0.3, -0.25) is 9.88 Å². The van der Waals surface area contributed by atoms with E-state index in [-0.39, 0.29) is 28.6 Å². The monoisotopic (exact) mass is 617 g/mol. The van der Waals surface area contributed by atoms with Gasteiger partial charge in [0.15, 0.2) is 7.70 Å². The Morgan fingerprint density at radius 1 is 1.17 bits per heavy atom. The summed E-state index contributed by atoms with van der Waals surface area (Å²) >= 11 is 0. The van der Waals surface area contributed by atoms with Crippen LogP contribution in [-0.2, 0) is 32.9 Å². The molecule has 1 fully saturated rings. The molecule has 0 unspecified atom stereocenters. The van der Waals surface area contributed by atoms with Gasteiger partial charge in [0.1, 0.15) is 11.6 Å². The zero-order valence-electron chi connectivity index (χ0n) is 23.7. The molecule has 1 aliphatic heterocycles. The van der Waals surface area contributed by atoms with E-state index in [9.17, 15) is 40.1 Å². The van der Waals surface area contributed by atoms with Crippen LogP contribution in [0.25, 0.3) is 0 Å². The molecule has 1 saturated heterocycles. The van der Waals surface area contributed by atoms with Crippen LogP contribution in [0.5, 0.6) is 0 Å². The van der Waals surface area contributed by atoms with Gasteiger partial charge in [-0.2, -0.15) is 26.3 Å². The lowest BCUT2D eigenvalue weighted by Crippen LogP contribution is -2.46. The van der Waals surface area contributed by atoms with Gasteiger partial charge < -0.3 is 19.3 Å². The number of nitrogens with zero attached hydrogens (tertiary/aromatic N) is 3. The summed E-state index contributed by atoms with van der Waals surface area (Å²) in [5.41, 5.74) is -4.65. The molecule has 0 spiro atoms. The first-order chi connectivity index (χ1) is 20.5. The normalized spacial score (nSPS) is 20.8. The van der Waals surface area contributed by atoms with E-state index >= 15 is 0 Å². The van der Waals surface area contributed by atoms with Gasteiger partial charge in [0.05, 0.1) is 36.4 Å². The summed E-state index contributed by atoms with van der Waals surface area (Å²) in [7, 11) is -4.89. The maximum atomic E-state index is 13.8. The number of H-pyrrole nitrogens is 1. The third-order valence-electron chi connectivity index (χ3n) is 6.12. The fourth-order valence-electron chi connectivity index (χ4n) is 4.24. The van der Waals surface area contributed by atoms with Gasteiger partial charge in [-0.15, -0.1) is 9.55 Å². The Bertz CT molecular complexity index is 1550. The molecule has 3 aromatic rings. The van der Waals surface area contributed by atoms with Crippen molar-refractivity contribution >= 4 is 7.75 Å². The number of morpholine rings is 1. The Balaban J connectivity index is 1.71. The van der Waals surface area contributed by atoms with Crippen LogP contribution in [0.3, 0.4) is 0 Å². The molecular formula is C23H22F7N4O6P. The first-order valence-electron chi connectivity index (χ1n) is 12.9. The number of hydrogen-bond acceptors (Lipinski definition) is 8. The van der Waals surface area contributed by atoms with Crippen molar-refractivity contribution in [3.8, 4) is 0 Å². The van der Waals surface area contributed by atoms with Crippen LogP contribution in [0.15, 0.2) is 47.3 Å². The summed E-state index contributed by atoms with van der Waals surface area (Å²) in [6.45, 7) is 0.699. The molecule has 41 heavy (non-hydrogen) atoms. The number of nitrogens with one attached hydrogen (secondary N) is 1. The maximum absolute atomic E-state index is 13.8. The van der Waals surface area contributed by atoms with Crippen LogP contribution in [0.2, 0.25) is 1.41 Å². The highest BCUT2D eigenvalue weighted by molar-refractivity contribution is 7.49. The Kier molecular flexibility index (Phi) is 7.39. The van der Waals surface area contributed by atoms with Gasteiger partial charge in [-0.25, -0.2) is 13.8 Å². The van der Waals surface area contributed by atoms with E-state index in [1.165, 1.54) is 24.0 Å². The second kappa shape index (κ2) is 11.3. The van der Waals surface area contributed by atoms with Gasteiger partial charge >= 0.3 is 25.8 Å². The van der Waals surface area contributed by atoms with Gasteiger partial charge in [-0.1, -0.05) is 12.1 Å². The summed E-state index contributed by atoms with van der Waals surface area (Å²) in [6.07, 6.45) is -13.0. The quantitative estimate of drug-likeness (QED) is 0.239. The lowest BCUT2D eigenvalue weighted by atomic mass is 10.0. The number of halogens is 7. The van der Waals surface area contributed by atoms with Gasteiger partial charge in [0, 0.05) is 6.54 Å². The van der Waals surface area contributed by atoms with Crippen LogP contribution < -0.4 is 5.69 Å². The lowest BCUT2D eigenvalue weighted by Gasteiger charge is -2.41. The van der Waals surface area contributed by atoms with E-state index in [4.69, 9.17) is 13.7 Å². The predicted molar refractivity (Wildman–Crippen MR) is 126 cm³/mol. The summed E-state index contributed by atoms with van der Waals surface area (Å²) in [5, 5.41) is 3.69. The number of alkyl halides is 6. The molecule has 1 aromatic heterocycles. The highest BCUT2D eigenvalue weighted by Gasteiger charge is 2.39. The average molecular weight is 617 g/mol. The molecule has 0 saturated carbocycles.